The highest BCUT2D eigenvalue weighted by Crippen LogP contribution is 2.19. The Hall–Kier alpha value is -1.42. The van der Waals surface area contributed by atoms with Crippen molar-refractivity contribution in [3.63, 3.8) is 0 Å². The highest BCUT2D eigenvalue weighted by Gasteiger charge is 2.14. The largest absolute Gasteiger partial charge is 0.387 e. The van der Waals surface area contributed by atoms with Crippen LogP contribution in [0.15, 0.2) is 18.3 Å². The first kappa shape index (κ1) is 9.15. The zero-order valence-electron chi connectivity index (χ0n) is 8.03. The van der Waals surface area contributed by atoms with Crippen molar-refractivity contribution in [2.75, 3.05) is 0 Å². The number of pyridine rings is 1. The van der Waals surface area contributed by atoms with Crippen LogP contribution >= 0.6 is 0 Å². The Morgan fingerprint density at radius 1 is 1.57 bits per heavy atom. The minimum atomic E-state index is -0.672. The number of aliphatic hydroxyl groups excluding tert-OH is 1. The second kappa shape index (κ2) is 3.06. The van der Waals surface area contributed by atoms with Crippen LogP contribution in [0, 0.1) is 12.7 Å². The van der Waals surface area contributed by atoms with Crippen molar-refractivity contribution in [2.45, 2.75) is 20.0 Å². The lowest BCUT2D eigenvalue weighted by atomic mass is 10.2. The molecule has 0 aliphatic rings. The van der Waals surface area contributed by atoms with Gasteiger partial charge in [0.15, 0.2) is 11.5 Å². The van der Waals surface area contributed by atoms with Gasteiger partial charge in [0, 0.05) is 11.9 Å². The molecule has 0 aliphatic carbocycles. The molecule has 0 saturated carbocycles. The monoisotopic (exact) mass is 194 g/mol. The Bertz CT molecular complexity index is 476. The molecule has 0 amide bonds. The van der Waals surface area contributed by atoms with Crippen LogP contribution < -0.4 is 0 Å². The van der Waals surface area contributed by atoms with Gasteiger partial charge in [-0.2, -0.15) is 0 Å². The summed E-state index contributed by atoms with van der Waals surface area (Å²) in [5.41, 5.74) is 1.56. The van der Waals surface area contributed by atoms with E-state index in [0.29, 0.717) is 5.69 Å². The maximum absolute atomic E-state index is 13.3. The fourth-order valence-corrected chi connectivity index (χ4v) is 1.57. The SMILES string of the molecule is Cc1c(C(C)O)nc2c(F)cccn12. The van der Waals surface area contributed by atoms with Gasteiger partial charge in [0.25, 0.3) is 0 Å². The summed E-state index contributed by atoms with van der Waals surface area (Å²) >= 11 is 0. The van der Waals surface area contributed by atoms with Crippen molar-refractivity contribution in [3.8, 4) is 0 Å². The minimum Gasteiger partial charge on any atom is -0.387 e. The molecule has 74 valence electrons. The van der Waals surface area contributed by atoms with Crippen LogP contribution in [0.1, 0.15) is 24.4 Å². The summed E-state index contributed by atoms with van der Waals surface area (Å²) in [4.78, 5) is 4.05. The molecule has 2 aromatic heterocycles. The van der Waals surface area contributed by atoms with Gasteiger partial charge in [0.2, 0.25) is 0 Å². The summed E-state index contributed by atoms with van der Waals surface area (Å²) in [6.07, 6.45) is 1.06. The van der Waals surface area contributed by atoms with E-state index >= 15 is 0 Å². The first-order valence-electron chi connectivity index (χ1n) is 4.42. The summed E-state index contributed by atoms with van der Waals surface area (Å²) in [6.45, 7) is 3.42. The lowest BCUT2D eigenvalue weighted by Gasteiger charge is -2.00. The average molecular weight is 194 g/mol. The Labute approximate surface area is 80.8 Å². The number of halogens is 1. The van der Waals surface area contributed by atoms with E-state index in [9.17, 15) is 9.50 Å². The van der Waals surface area contributed by atoms with Gasteiger partial charge in [-0.05, 0) is 26.0 Å². The quantitative estimate of drug-likeness (QED) is 0.752. The molecular formula is C10H11FN2O. The Morgan fingerprint density at radius 3 is 2.86 bits per heavy atom. The molecule has 0 aliphatic heterocycles. The van der Waals surface area contributed by atoms with E-state index < -0.39 is 6.10 Å². The molecule has 1 atom stereocenters. The molecule has 3 nitrogen and oxygen atoms in total. The molecule has 14 heavy (non-hydrogen) atoms. The Kier molecular flexibility index (Phi) is 2.00. The topological polar surface area (TPSA) is 37.5 Å². The Balaban J connectivity index is 2.80. The first-order chi connectivity index (χ1) is 6.61. The molecule has 2 heterocycles. The molecule has 0 bridgehead atoms. The highest BCUT2D eigenvalue weighted by atomic mass is 19.1. The molecule has 0 spiro atoms. The van der Waals surface area contributed by atoms with Crippen molar-refractivity contribution in [3.05, 3.63) is 35.5 Å². The van der Waals surface area contributed by atoms with Crippen LogP contribution in [0.5, 0.6) is 0 Å². The number of nitrogens with zero attached hydrogens (tertiary/aromatic N) is 2. The number of fused-ring (bicyclic) bond motifs is 1. The zero-order valence-corrected chi connectivity index (χ0v) is 8.03. The van der Waals surface area contributed by atoms with Crippen LogP contribution in [0.25, 0.3) is 5.65 Å². The van der Waals surface area contributed by atoms with Gasteiger partial charge in [-0.3, -0.25) is 0 Å². The van der Waals surface area contributed by atoms with Gasteiger partial charge in [-0.1, -0.05) is 0 Å². The fraction of sp³-hybridized carbons (Fsp3) is 0.300. The van der Waals surface area contributed by atoms with Crippen LogP contribution in [-0.4, -0.2) is 14.5 Å². The number of hydrogen-bond acceptors (Lipinski definition) is 2. The normalized spacial score (nSPS) is 13.4. The highest BCUT2D eigenvalue weighted by molar-refractivity contribution is 5.44. The predicted molar refractivity (Wildman–Crippen MR) is 50.5 cm³/mol. The number of aryl methyl sites for hydroxylation is 1. The third kappa shape index (κ3) is 1.19. The summed E-state index contributed by atoms with van der Waals surface area (Å²) < 4.78 is 14.9. The van der Waals surface area contributed by atoms with Crippen molar-refractivity contribution in [2.24, 2.45) is 0 Å². The van der Waals surface area contributed by atoms with Crippen molar-refractivity contribution < 1.29 is 9.50 Å². The van der Waals surface area contributed by atoms with E-state index in [2.05, 4.69) is 4.98 Å². The molecule has 1 N–H and O–H groups in total. The van der Waals surface area contributed by atoms with Crippen molar-refractivity contribution in [1.29, 1.82) is 0 Å². The predicted octanol–water partition coefficient (Wildman–Crippen LogP) is 1.84. The third-order valence-electron chi connectivity index (χ3n) is 2.27. The molecule has 0 aromatic carbocycles. The maximum atomic E-state index is 13.3. The smallest absolute Gasteiger partial charge is 0.173 e. The minimum absolute atomic E-state index is 0.265. The van der Waals surface area contributed by atoms with E-state index in [-0.39, 0.29) is 11.5 Å². The molecular weight excluding hydrogens is 183 g/mol. The Morgan fingerprint density at radius 2 is 2.29 bits per heavy atom. The lowest BCUT2D eigenvalue weighted by molar-refractivity contribution is 0.194. The second-order valence-electron chi connectivity index (χ2n) is 3.31. The second-order valence-corrected chi connectivity index (χ2v) is 3.31. The van der Waals surface area contributed by atoms with Gasteiger partial charge >= 0.3 is 0 Å². The molecule has 2 aromatic rings. The third-order valence-corrected chi connectivity index (χ3v) is 2.27. The standard InChI is InChI=1S/C10H11FN2O/c1-6-9(7(2)14)12-10-8(11)4-3-5-13(6)10/h3-5,7,14H,1-2H3. The van der Waals surface area contributed by atoms with E-state index in [1.165, 1.54) is 6.07 Å². The number of imidazole rings is 1. The van der Waals surface area contributed by atoms with E-state index in [1.807, 2.05) is 6.92 Å². The van der Waals surface area contributed by atoms with Crippen LogP contribution in [0.4, 0.5) is 4.39 Å². The van der Waals surface area contributed by atoms with Crippen LogP contribution in [-0.2, 0) is 0 Å². The molecule has 0 fully saturated rings. The van der Waals surface area contributed by atoms with Gasteiger partial charge < -0.3 is 9.51 Å². The van der Waals surface area contributed by atoms with Gasteiger partial charge in [-0.25, -0.2) is 9.37 Å². The number of aromatic nitrogens is 2. The average Bonchev–Trinajstić information content (AvgIpc) is 2.46. The van der Waals surface area contributed by atoms with Gasteiger partial charge in [0.1, 0.15) is 0 Å². The van der Waals surface area contributed by atoms with Crippen molar-refractivity contribution >= 4 is 5.65 Å². The summed E-state index contributed by atoms with van der Waals surface area (Å²) in [5, 5.41) is 9.40. The molecule has 0 saturated heterocycles. The number of hydrogen-bond donors (Lipinski definition) is 1. The van der Waals surface area contributed by atoms with Crippen LogP contribution in [0.2, 0.25) is 0 Å². The number of rotatable bonds is 1. The van der Waals surface area contributed by atoms with E-state index in [1.54, 1.807) is 23.6 Å². The first-order valence-corrected chi connectivity index (χ1v) is 4.42. The maximum Gasteiger partial charge on any atom is 0.173 e. The fourth-order valence-electron chi connectivity index (χ4n) is 1.57. The summed E-state index contributed by atoms with van der Waals surface area (Å²) in [7, 11) is 0. The molecule has 1 unspecified atom stereocenters. The molecule has 2 rings (SSSR count). The van der Waals surface area contributed by atoms with E-state index in [4.69, 9.17) is 0 Å². The van der Waals surface area contributed by atoms with Crippen molar-refractivity contribution in [1.82, 2.24) is 9.38 Å². The van der Waals surface area contributed by atoms with E-state index in [0.717, 1.165) is 5.69 Å². The van der Waals surface area contributed by atoms with Gasteiger partial charge in [-0.15, -0.1) is 0 Å². The summed E-state index contributed by atoms with van der Waals surface area (Å²) in [5.74, 6) is -0.373. The number of aliphatic hydroxyl groups is 1. The van der Waals surface area contributed by atoms with Gasteiger partial charge in [0.05, 0.1) is 11.8 Å². The molecule has 4 heteroatoms. The lowest BCUT2D eigenvalue weighted by Crippen LogP contribution is -1.94. The zero-order chi connectivity index (χ0) is 10.3. The molecule has 0 radical (unpaired) electrons. The van der Waals surface area contributed by atoms with Crippen LogP contribution in [0.3, 0.4) is 0 Å². The summed E-state index contributed by atoms with van der Waals surface area (Å²) in [6, 6.07) is 2.97.